The molecule has 0 saturated heterocycles. The third kappa shape index (κ3) is 3.12. The maximum atomic E-state index is 13.3. The summed E-state index contributed by atoms with van der Waals surface area (Å²) < 4.78 is 26.5. The standard InChI is InChI=1S/C10H10ClF2NO4/c11-2-1-8(15)10(16)5-3-6(12)9(14(17)18)7(13)4-5/h3-4,8,10,15-16H,1-2H2. The fourth-order valence-electron chi connectivity index (χ4n) is 1.42. The van der Waals surface area contributed by atoms with E-state index in [4.69, 9.17) is 11.6 Å². The molecule has 0 radical (unpaired) electrons. The Morgan fingerprint density at radius 3 is 2.22 bits per heavy atom. The van der Waals surface area contributed by atoms with Gasteiger partial charge in [0.1, 0.15) is 6.10 Å². The van der Waals surface area contributed by atoms with E-state index in [0.717, 1.165) is 0 Å². The zero-order valence-corrected chi connectivity index (χ0v) is 9.77. The van der Waals surface area contributed by atoms with Gasteiger partial charge in [-0.05, 0) is 24.1 Å². The first kappa shape index (κ1) is 14.7. The molecule has 18 heavy (non-hydrogen) atoms. The number of benzene rings is 1. The van der Waals surface area contributed by atoms with E-state index in [9.17, 15) is 29.1 Å². The van der Waals surface area contributed by atoms with Crippen LogP contribution in [0.3, 0.4) is 0 Å². The summed E-state index contributed by atoms with van der Waals surface area (Å²) >= 11 is 5.35. The van der Waals surface area contributed by atoms with Crippen LogP contribution in [0.4, 0.5) is 14.5 Å². The highest BCUT2D eigenvalue weighted by Gasteiger charge is 2.26. The summed E-state index contributed by atoms with van der Waals surface area (Å²) in [6.07, 6.45) is -2.85. The molecule has 0 amide bonds. The van der Waals surface area contributed by atoms with Crippen LogP contribution < -0.4 is 0 Å². The first-order chi connectivity index (χ1) is 8.38. The molecule has 2 unspecified atom stereocenters. The van der Waals surface area contributed by atoms with E-state index in [1.54, 1.807) is 0 Å². The van der Waals surface area contributed by atoms with E-state index in [-0.39, 0.29) is 17.9 Å². The van der Waals surface area contributed by atoms with Crippen LogP contribution in [0.1, 0.15) is 18.1 Å². The topological polar surface area (TPSA) is 83.6 Å². The van der Waals surface area contributed by atoms with Crippen LogP contribution in [0.2, 0.25) is 0 Å². The maximum Gasteiger partial charge on any atom is 0.340 e. The predicted molar refractivity (Wildman–Crippen MR) is 59.3 cm³/mol. The molecule has 8 heteroatoms. The van der Waals surface area contributed by atoms with Gasteiger partial charge in [-0.15, -0.1) is 11.6 Å². The molecule has 100 valence electrons. The van der Waals surface area contributed by atoms with Crippen LogP contribution in [0.25, 0.3) is 0 Å². The van der Waals surface area contributed by atoms with Crippen LogP contribution in [-0.4, -0.2) is 27.1 Å². The summed E-state index contributed by atoms with van der Waals surface area (Å²) in [4.78, 5) is 9.16. The molecule has 2 atom stereocenters. The largest absolute Gasteiger partial charge is 0.390 e. The Hall–Kier alpha value is -1.31. The highest BCUT2D eigenvalue weighted by molar-refractivity contribution is 6.17. The number of rotatable bonds is 5. The Balaban J connectivity index is 3.10. The highest BCUT2D eigenvalue weighted by atomic mass is 35.5. The molecule has 1 rings (SSSR count). The lowest BCUT2D eigenvalue weighted by molar-refractivity contribution is -0.390. The highest BCUT2D eigenvalue weighted by Crippen LogP contribution is 2.27. The van der Waals surface area contributed by atoms with Crippen molar-refractivity contribution in [3.05, 3.63) is 39.4 Å². The lowest BCUT2D eigenvalue weighted by atomic mass is 10.0. The number of nitro groups is 1. The number of nitro benzene ring substituents is 1. The molecule has 5 nitrogen and oxygen atoms in total. The van der Waals surface area contributed by atoms with Gasteiger partial charge in [-0.3, -0.25) is 10.1 Å². The van der Waals surface area contributed by atoms with Gasteiger partial charge in [0, 0.05) is 5.88 Å². The number of hydrogen-bond donors (Lipinski definition) is 2. The molecule has 0 spiro atoms. The van der Waals surface area contributed by atoms with Crippen LogP contribution in [0, 0.1) is 21.7 Å². The number of halogens is 3. The Morgan fingerprint density at radius 2 is 1.83 bits per heavy atom. The van der Waals surface area contributed by atoms with E-state index in [1.165, 1.54) is 0 Å². The summed E-state index contributed by atoms with van der Waals surface area (Å²) in [7, 11) is 0. The molecule has 0 heterocycles. The molecular weight excluding hydrogens is 272 g/mol. The van der Waals surface area contributed by atoms with E-state index >= 15 is 0 Å². The van der Waals surface area contributed by atoms with E-state index in [0.29, 0.717) is 12.1 Å². The van der Waals surface area contributed by atoms with E-state index in [2.05, 4.69) is 0 Å². The first-order valence-electron chi connectivity index (χ1n) is 4.94. The molecule has 0 aromatic heterocycles. The van der Waals surface area contributed by atoms with Gasteiger partial charge in [-0.25, -0.2) is 0 Å². The van der Waals surface area contributed by atoms with Crippen LogP contribution in [-0.2, 0) is 0 Å². The van der Waals surface area contributed by atoms with Gasteiger partial charge >= 0.3 is 5.69 Å². The molecule has 0 saturated carbocycles. The van der Waals surface area contributed by atoms with Gasteiger partial charge < -0.3 is 10.2 Å². The SMILES string of the molecule is O=[N+]([O-])c1c(F)cc(C(O)C(O)CCCl)cc1F. The molecule has 0 aliphatic heterocycles. The van der Waals surface area contributed by atoms with Gasteiger partial charge in [0.25, 0.3) is 0 Å². The lowest BCUT2D eigenvalue weighted by Crippen LogP contribution is -2.19. The van der Waals surface area contributed by atoms with Gasteiger partial charge in [0.05, 0.1) is 11.0 Å². The fraction of sp³-hybridized carbons (Fsp3) is 0.400. The van der Waals surface area contributed by atoms with Crippen molar-refractivity contribution >= 4 is 17.3 Å². The Labute approximate surface area is 106 Å². The average Bonchev–Trinajstić information content (AvgIpc) is 2.26. The smallest absolute Gasteiger partial charge is 0.340 e. The minimum Gasteiger partial charge on any atom is -0.390 e. The second-order valence-electron chi connectivity index (χ2n) is 3.58. The summed E-state index contributed by atoms with van der Waals surface area (Å²) in [5, 5.41) is 29.4. The maximum absolute atomic E-state index is 13.3. The van der Waals surface area contributed by atoms with Crippen LogP contribution in [0.5, 0.6) is 0 Å². The quantitative estimate of drug-likeness (QED) is 0.490. The predicted octanol–water partition coefficient (Wildman–Crippen LogP) is 1.90. The molecule has 1 aromatic rings. The minimum atomic E-state index is -1.56. The van der Waals surface area contributed by atoms with Crippen LogP contribution in [0.15, 0.2) is 12.1 Å². The number of aliphatic hydroxyl groups excluding tert-OH is 2. The Kier molecular flexibility index (Phi) is 4.94. The van der Waals surface area contributed by atoms with Crippen molar-refractivity contribution in [1.29, 1.82) is 0 Å². The van der Waals surface area contributed by atoms with Crippen LogP contribution >= 0.6 is 11.6 Å². The normalized spacial score (nSPS) is 14.3. The van der Waals surface area contributed by atoms with Crippen molar-refractivity contribution < 1.29 is 23.9 Å². The zero-order valence-electron chi connectivity index (χ0n) is 9.02. The fourth-order valence-corrected chi connectivity index (χ4v) is 1.65. The Bertz CT molecular complexity index is 434. The summed E-state index contributed by atoms with van der Waals surface area (Å²) in [5.74, 6) is -2.77. The second-order valence-corrected chi connectivity index (χ2v) is 3.96. The van der Waals surface area contributed by atoms with Crippen molar-refractivity contribution in [3.63, 3.8) is 0 Å². The molecule has 0 bridgehead atoms. The molecule has 0 aliphatic carbocycles. The summed E-state index contributed by atoms with van der Waals surface area (Å²) in [6, 6.07) is 1.23. The first-order valence-corrected chi connectivity index (χ1v) is 5.47. The summed E-state index contributed by atoms with van der Waals surface area (Å²) in [6.45, 7) is 0. The monoisotopic (exact) mass is 281 g/mol. The number of hydrogen-bond acceptors (Lipinski definition) is 4. The number of aliphatic hydroxyl groups is 2. The second kappa shape index (κ2) is 6.03. The molecule has 0 fully saturated rings. The van der Waals surface area contributed by atoms with Crippen molar-refractivity contribution in [3.8, 4) is 0 Å². The molecule has 2 N–H and O–H groups in total. The van der Waals surface area contributed by atoms with Gasteiger partial charge in [0.15, 0.2) is 0 Å². The van der Waals surface area contributed by atoms with Gasteiger partial charge in [-0.2, -0.15) is 8.78 Å². The molecule has 0 aliphatic rings. The Morgan fingerprint density at radius 1 is 1.33 bits per heavy atom. The van der Waals surface area contributed by atoms with E-state index in [1.807, 2.05) is 0 Å². The molecule has 1 aromatic carbocycles. The van der Waals surface area contributed by atoms with Crippen molar-refractivity contribution in [1.82, 2.24) is 0 Å². The summed E-state index contributed by atoms with van der Waals surface area (Å²) in [5.41, 5.74) is -1.58. The van der Waals surface area contributed by atoms with Crippen molar-refractivity contribution in [2.45, 2.75) is 18.6 Å². The lowest BCUT2D eigenvalue weighted by Gasteiger charge is -2.17. The van der Waals surface area contributed by atoms with E-state index < -0.39 is 34.5 Å². The third-order valence-corrected chi connectivity index (χ3v) is 2.55. The number of alkyl halides is 1. The van der Waals surface area contributed by atoms with Gasteiger partial charge in [-0.1, -0.05) is 0 Å². The third-order valence-electron chi connectivity index (χ3n) is 2.33. The average molecular weight is 282 g/mol. The zero-order chi connectivity index (χ0) is 13.9. The molecular formula is C10H10ClF2NO4. The van der Waals surface area contributed by atoms with Crippen molar-refractivity contribution in [2.24, 2.45) is 0 Å². The van der Waals surface area contributed by atoms with Crippen molar-refractivity contribution in [2.75, 3.05) is 5.88 Å². The number of nitrogens with zero attached hydrogens (tertiary/aromatic N) is 1. The van der Waals surface area contributed by atoms with Gasteiger partial charge in [0.2, 0.25) is 11.6 Å². The minimum absolute atomic E-state index is 0.0168.